The van der Waals surface area contributed by atoms with Crippen molar-refractivity contribution in [2.45, 2.75) is 135 Å². The highest BCUT2D eigenvalue weighted by Crippen LogP contribution is 2.15. The smallest absolute Gasteiger partial charge is 0.0504 e. The SMILES string of the molecule is CCCCCCCCCCCCCCCCCCCCCCN1CCN(C)C1. The third kappa shape index (κ3) is 16.8. The second-order valence-electron chi connectivity index (χ2n) is 9.56. The van der Waals surface area contributed by atoms with E-state index in [0.29, 0.717) is 0 Å². The number of rotatable bonds is 21. The molecule has 168 valence electrons. The first-order valence-corrected chi connectivity index (χ1v) is 13.2. The summed E-state index contributed by atoms with van der Waals surface area (Å²) in [4.78, 5) is 5.03. The van der Waals surface area contributed by atoms with Crippen LogP contribution in [0.4, 0.5) is 0 Å². The van der Waals surface area contributed by atoms with E-state index in [-0.39, 0.29) is 0 Å². The van der Waals surface area contributed by atoms with Gasteiger partial charge in [0.05, 0.1) is 6.67 Å². The van der Waals surface area contributed by atoms with Crippen molar-refractivity contribution in [2.75, 3.05) is 33.4 Å². The minimum Gasteiger partial charge on any atom is -0.292 e. The fraction of sp³-hybridized carbons (Fsp3) is 1.00. The first kappa shape index (κ1) is 26.0. The van der Waals surface area contributed by atoms with Gasteiger partial charge >= 0.3 is 0 Å². The van der Waals surface area contributed by atoms with Gasteiger partial charge in [0.2, 0.25) is 0 Å². The van der Waals surface area contributed by atoms with Gasteiger partial charge in [-0.2, -0.15) is 0 Å². The van der Waals surface area contributed by atoms with Crippen LogP contribution in [-0.2, 0) is 0 Å². The molecule has 28 heavy (non-hydrogen) atoms. The van der Waals surface area contributed by atoms with Crippen LogP contribution in [0, 0.1) is 0 Å². The van der Waals surface area contributed by atoms with Crippen molar-refractivity contribution in [1.29, 1.82) is 0 Å². The molecule has 2 nitrogen and oxygen atoms in total. The fourth-order valence-electron chi connectivity index (χ4n) is 4.57. The van der Waals surface area contributed by atoms with Gasteiger partial charge in [0.25, 0.3) is 0 Å². The monoisotopic (exact) mass is 394 g/mol. The van der Waals surface area contributed by atoms with Crippen LogP contribution in [-0.4, -0.2) is 43.2 Å². The fourth-order valence-corrected chi connectivity index (χ4v) is 4.57. The van der Waals surface area contributed by atoms with Crippen LogP contribution in [0.5, 0.6) is 0 Å². The second kappa shape index (κ2) is 20.2. The van der Waals surface area contributed by atoms with Crippen LogP contribution in [0.2, 0.25) is 0 Å². The number of hydrogen-bond donors (Lipinski definition) is 0. The summed E-state index contributed by atoms with van der Waals surface area (Å²) in [6, 6.07) is 0. The summed E-state index contributed by atoms with van der Waals surface area (Å²) in [5.74, 6) is 0. The van der Waals surface area contributed by atoms with Crippen molar-refractivity contribution in [1.82, 2.24) is 9.80 Å². The van der Waals surface area contributed by atoms with Crippen molar-refractivity contribution in [3.63, 3.8) is 0 Å². The molecule has 0 saturated carbocycles. The Hall–Kier alpha value is -0.0800. The summed E-state index contributed by atoms with van der Waals surface area (Å²) in [5, 5.41) is 0. The van der Waals surface area contributed by atoms with E-state index in [0.717, 1.165) is 0 Å². The Morgan fingerprint density at radius 1 is 0.464 bits per heavy atom. The number of hydrogen-bond acceptors (Lipinski definition) is 2. The molecule has 1 aliphatic heterocycles. The molecule has 0 aliphatic carbocycles. The maximum absolute atomic E-state index is 2.61. The lowest BCUT2D eigenvalue weighted by atomic mass is 10.0. The largest absolute Gasteiger partial charge is 0.292 e. The van der Waals surface area contributed by atoms with Crippen molar-refractivity contribution >= 4 is 0 Å². The van der Waals surface area contributed by atoms with Crippen molar-refractivity contribution in [2.24, 2.45) is 0 Å². The molecule has 0 amide bonds. The highest BCUT2D eigenvalue weighted by atomic mass is 15.4. The lowest BCUT2D eigenvalue weighted by molar-refractivity contribution is 0.269. The highest BCUT2D eigenvalue weighted by Gasteiger charge is 2.14. The van der Waals surface area contributed by atoms with Crippen LogP contribution in [0.3, 0.4) is 0 Å². The molecule has 1 saturated heterocycles. The first-order valence-electron chi connectivity index (χ1n) is 13.2. The van der Waals surface area contributed by atoms with E-state index in [1.54, 1.807) is 0 Å². The van der Waals surface area contributed by atoms with E-state index in [9.17, 15) is 0 Å². The van der Waals surface area contributed by atoms with Gasteiger partial charge in [-0.1, -0.05) is 129 Å². The lowest BCUT2D eigenvalue weighted by Crippen LogP contribution is -2.24. The molecule has 0 atom stereocenters. The van der Waals surface area contributed by atoms with Gasteiger partial charge in [0.15, 0.2) is 0 Å². The molecule has 0 aromatic heterocycles. The van der Waals surface area contributed by atoms with Gasteiger partial charge in [-0.15, -0.1) is 0 Å². The van der Waals surface area contributed by atoms with Crippen LogP contribution >= 0.6 is 0 Å². The van der Waals surface area contributed by atoms with Gasteiger partial charge in [-0.05, 0) is 20.0 Å². The summed E-state index contributed by atoms with van der Waals surface area (Å²) in [7, 11) is 2.23. The van der Waals surface area contributed by atoms with E-state index in [2.05, 4.69) is 23.8 Å². The maximum atomic E-state index is 2.61. The van der Waals surface area contributed by atoms with Crippen molar-refractivity contribution in [3.05, 3.63) is 0 Å². The average Bonchev–Trinajstić information content (AvgIpc) is 3.11. The zero-order chi connectivity index (χ0) is 20.1. The van der Waals surface area contributed by atoms with Crippen LogP contribution in [0.25, 0.3) is 0 Å². The van der Waals surface area contributed by atoms with Gasteiger partial charge < -0.3 is 0 Å². The molecule has 0 N–H and O–H groups in total. The Morgan fingerprint density at radius 2 is 0.821 bits per heavy atom. The van der Waals surface area contributed by atoms with Gasteiger partial charge in [-0.3, -0.25) is 9.80 Å². The van der Waals surface area contributed by atoms with Gasteiger partial charge in [0.1, 0.15) is 0 Å². The summed E-state index contributed by atoms with van der Waals surface area (Å²) in [5.41, 5.74) is 0. The summed E-state index contributed by atoms with van der Waals surface area (Å²) >= 11 is 0. The predicted molar refractivity (Wildman–Crippen MR) is 127 cm³/mol. The molecule has 0 unspecified atom stereocenters. The molecule has 0 radical (unpaired) electrons. The zero-order valence-corrected chi connectivity index (χ0v) is 19.9. The molecule has 1 rings (SSSR count). The molecule has 0 aromatic rings. The Labute approximate surface area is 178 Å². The van der Waals surface area contributed by atoms with E-state index < -0.39 is 0 Å². The van der Waals surface area contributed by atoms with E-state index >= 15 is 0 Å². The van der Waals surface area contributed by atoms with Gasteiger partial charge in [-0.25, -0.2) is 0 Å². The number of likely N-dealkylation sites (N-methyl/N-ethyl adjacent to an activating group) is 1. The topological polar surface area (TPSA) is 6.48 Å². The molecule has 1 heterocycles. The molecule has 0 bridgehead atoms. The Morgan fingerprint density at radius 3 is 1.14 bits per heavy atom. The molecule has 2 heteroatoms. The maximum Gasteiger partial charge on any atom is 0.0504 e. The van der Waals surface area contributed by atoms with Crippen molar-refractivity contribution in [3.8, 4) is 0 Å². The van der Waals surface area contributed by atoms with Crippen LogP contribution in [0.15, 0.2) is 0 Å². The number of nitrogens with zero attached hydrogens (tertiary/aromatic N) is 2. The highest BCUT2D eigenvalue weighted by molar-refractivity contribution is 4.67. The Balaban J connectivity index is 1.64. The predicted octanol–water partition coefficient (Wildman–Crippen LogP) is 8.01. The lowest BCUT2D eigenvalue weighted by Gasteiger charge is -2.14. The minimum atomic E-state index is 1.19. The molecular formula is C26H54N2. The average molecular weight is 395 g/mol. The molecule has 0 aromatic carbocycles. The molecule has 1 fully saturated rings. The normalized spacial score (nSPS) is 15.6. The Kier molecular flexibility index (Phi) is 18.7. The zero-order valence-electron chi connectivity index (χ0n) is 19.9. The summed E-state index contributed by atoms with van der Waals surface area (Å²) < 4.78 is 0. The summed E-state index contributed by atoms with van der Waals surface area (Å²) in [6.07, 6.45) is 29.4. The third-order valence-electron chi connectivity index (χ3n) is 6.57. The van der Waals surface area contributed by atoms with E-state index in [1.165, 1.54) is 155 Å². The van der Waals surface area contributed by atoms with E-state index in [1.807, 2.05) is 0 Å². The third-order valence-corrected chi connectivity index (χ3v) is 6.57. The molecule has 0 spiro atoms. The number of unbranched alkanes of at least 4 members (excludes halogenated alkanes) is 19. The van der Waals surface area contributed by atoms with Crippen LogP contribution < -0.4 is 0 Å². The first-order chi connectivity index (χ1) is 13.8. The quantitative estimate of drug-likeness (QED) is 0.182. The molecule has 1 aliphatic rings. The van der Waals surface area contributed by atoms with Crippen LogP contribution in [0.1, 0.15) is 135 Å². The molecular weight excluding hydrogens is 340 g/mol. The minimum absolute atomic E-state index is 1.19. The van der Waals surface area contributed by atoms with E-state index in [4.69, 9.17) is 0 Å². The summed E-state index contributed by atoms with van der Waals surface area (Å²) in [6.45, 7) is 7.37. The van der Waals surface area contributed by atoms with Crippen molar-refractivity contribution < 1.29 is 0 Å². The Bertz CT molecular complexity index is 305. The van der Waals surface area contributed by atoms with Gasteiger partial charge in [0, 0.05) is 13.1 Å². The second-order valence-corrected chi connectivity index (χ2v) is 9.56. The standard InChI is InChI=1S/C26H54N2/c1-3-4-5-6-7-8-9-10-11-12-13-14-15-16-17-18-19-20-21-22-23-28-25-24-27(2)26-28/h3-26H2,1-2H3.